The van der Waals surface area contributed by atoms with Gasteiger partial charge in [0.1, 0.15) is 0 Å². The Morgan fingerprint density at radius 2 is 1.91 bits per heavy atom. The summed E-state index contributed by atoms with van der Waals surface area (Å²) in [5, 5.41) is 8.92. The fourth-order valence-corrected chi connectivity index (χ4v) is 0.895. The van der Waals surface area contributed by atoms with Crippen LogP contribution in [0.5, 0.6) is 0 Å². The van der Waals surface area contributed by atoms with Gasteiger partial charge >= 0.3 is 0 Å². The molecule has 0 bridgehead atoms. The van der Waals surface area contributed by atoms with Crippen molar-refractivity contribution < 1.29 is 5.11 Å². The highest BCUT2D eigenvalue weighted by Crippen LogP contribution is 2.00. The van der Waals surface area contributed by atoms with E-state index in [0.717, 1.165) is 12.8 Å². The summed E-state index contributed by atoms with van der Waals surface area (Å²) in [4.78, 5) is 0. The molecule has 11 heavy (non-hydrogen) atoms. The summed E-state index contributed by atoms with van der Waals surface area (Å²) < 4.78 is 0. The third kappa shape index (κ3) is 9.70. The number of aliphatic hydroxyl groups excluding tert-OH is 1. The number of aliphatic hydroxyl groups is 1. The van der Waals surface area contributed by atoms with Gasteiger partial charge in [-0.1, -0.05) is 31.9 Å². The van der Waals surface area contributed by atoms with Crippen molar-refractivity contribution in [2.45, 2.75) is 52.1 Å². The van der Waals surface area contributed by atoms with Crippen molar-refractivity contribution in [2.75, 3.05) is 0 Å². The Kier molecular flexibility index (Phi) is 7.59. The van der Waals surface area contributed by atoms with Crippen LogP contribution < -0.4 is 0 Å². The maximum atomic E-state index is 8.92. The average molecular weight is 156 g/mol. The SMILES string of the molecule is CCCC/C=C\CCC(C)O. The fourth-order valence-electron chi connectivity index (χ4n) is 0.895. The first-order valence-electron chi connectivity index (χ1n) is 4.60. The fraction of sp³-hybridized carbons (Fsp3) is 0.800. The van der Waals surface area contributed by atoms with E-state index in [0.29, 0.717) is 0 Å². The Balaban J connectivity index is 3.03. The van der Waals surface area contributed by atoms with Gasteiger partial charge in [0, 0.05) is 0 Å². The molecule has 0 aromatic carbocycles. The van der Waals surface area contributed by atoms with E-state index in [4.69, 9.17) is 5.11 Å². The topological polar surface area (TPSA) is 20.2 Å². The van der Waals surface area contributed by atoms with E-state index in [2.05, 4.69) is 19.1 Å². The first kappa shape index (κ1) is 10.7. The van der Waals surface area contributed by atoms with E-state index in [1.807, 2.05) is 6.92 Å². The molecule has 0 saturated heterocycles. The van der Waals surface area contributed by atoms with Crippen LogP contribution in [0.15, 0.2) is 12.2 Å². The first-order valence-corrected chi connectivity index (χ1v) is 4.60. The molecule has 0 radical (unpaired) electrons. The van der Waals surface area contributed by atoms with Gasteiger partial charge in [0.15, 0.2) is 0 Å². The third-order valence-corrected chi connectivity index (χ3v) is 1.64. The number of rotatable bonds is 6. The Morgan fingerprint density at radius 3 is 2.45 bits per heavy atom. The summed E-state index contributed by atoms with van der Waals surface area (Å²) in [5.74, 6) is 0. The Morgan fingerprint density at radius 1 is 1.27 bits per heavy atom. The number of hydrogen-bond donors (Lipinski definition) is 1. The minimum Gasteiger partial charge on any atom is -0.393 e. The van der Waals surface area contributed by atoms with Crippen LogP contribution in [-0.4, -0.2) is 11.2 Å². The Labute approximate surface area is 70.1 Å². The van der Waals surface area contributed by atoms with Gasteiger partial charge in [0.2, 0.25) is 0 Å². The van der Waals surface area contributed by atoms with E-state index in [1.165, 1.54) is 19.3 Å². The van der Waals surface area contributed by atoms with Crippen LogP contribution in [0.4, 0.5) is 0 Å². The molecular formula is C10H20O. The maximum absolute atomic E-state index is 8.92. The molecular weight excluding hydrogens is 136 g/mol. The van der Waals surface area contributed by atoms with Crippen molar-refractivity contribution in [3.63, 3.8) is 0 Å². The summed E-state index contributed by atoms with van der Waals surface area (Å²) in [7, 11) is 0. The Bertz CT molecular complexity index is 95.0. The number of hydrogen-bond acceptors (Lipinski definition) is 1. The van der Waals surface area contributed by atoms with Gasteiger partial charge in [0.25, 0.3) is 0 Å². The summed E-state index contributed by atoms with van der Waals surface area (Å²) >= 11 is 0. The van der Waals surface area contributed by atoms with Crippen LogP contribution in [0.3, 0.4) is 0 Å². The smallest absolute Gasteiger partial charge is 0.0515 e. The molecule has 1 heteroatoms. The van der Waals surface area contributed by atoms with Crippen LogP contribution in [0.1, 0.15) is 46.0 Å². The largest absolute Gasteiger partial charge is 0.393 e. The average Bonchev–Trinajstić information content (AvgIpc) is 1.96. The van der Waals surface area contributed by atoms with E-state index >= 15 is 0 Å². The Hall–Kier alpha value is -0.300. The van der Waals surface area contributed by atoms with Crippen LogP contribution in [0.2, 0.25) is 0 Å². The molecule has 1 N–H and O–H groups in total. The normalized spacial score (nSPS) is 14.1. The van der Waals surface area contributed by atoms with Gasteiger partial charge in [-0.2, -0.15) is 0 Å². The van der Waals surface area contributed by atoms with Gasteiger partial charge in [-0.3, -0.25) is 0 Å². The zero-order valence-electron chi connectivity index (χ0n) is 7.71. The monoisotopic (exact) mass is 156 g/mol. The molecule has 66 valence electrons. The van der Waals surface area contributed by atoms with Crippen LogP contribution >= 0.6 is 0 Å². The molecule has 1 atom stereocenters. The lowest BCUT2D eigenvalue weighted by Crippen LogP contribution is -1.96. The molecule has 0 spiro atoms. The first-order chi connectivity index (χ1) is 5.27. The van der Waals surface area contributed by atoms with Crippen LogP contribution in [-0.2, 0) is 0 Å². The van der Waals surface area contributed by atoms with Crippen molar-refractivity contribution in [1.29, 1.82) is 0 Å². The van der Waals surface area contributed by atoms with Gasteiger partial charge in [-0.25, -0.2) is 0 Å². The number of unbranched alkanes of at least 4 members (excludes halogenated alkanes) is 2. The molecule has 0 aliphatic rings. The van der Waals surface area contributed by atoms with Gasteiger partial charge in [-0.15, -0.1) is 0 Å². The molecule has 1 unspecified atom stereocenters. The second-order valence-corrected chi connectivity index (χ2v) is 3.04. The van der Waals surface area contributed by atoms with Crippen molar-refractivity contribution >= 4 is 0 Å². The van der Waals surface area contributed by atoms with Gasteiger partial charge < -0.3 is 5.11 Å². The van der Waals surface area contributed by atoms with Crippen molar-refractivity contribution in [2.24, 2.45) is 0 Å². The highest BCUT2D eigenvalue weighted by Gasteiger charge is 1.90. The zero-order valence-corrected chi connectivity index (χ0v) is 7.71. The van der Waals surface area contributed by atoms with Crippen molar-refractivity contribution in [3.8, 4) is 0 Å². The highest BCUT2D eigenvalue weighted by molar-refractivity contribution is 4.81. The third-order valence-electron chi connectivity index (χ3n) is 1.64. The molecule has 0 saturated carbocycles. The van der Waals surface area contributed by atoms with Crippen LogP contribution in [0.25, 0.3) is 0 Å². The van der Waals surface area contributed by atoms with Crippen molar-refractivity contribution in [3.05, 3.63) is 12.2 Å². The maximum Gasteiger partial charge on any atom is 0.0515 e. The molecule has 0 heterocycles. The summed E-state index contributed by atoms with van der Waals surface area (Å²) in [6, 6.07) is 0. The van der Waals surface area contributed by atoms with Crippen molar-refractivity contribution in [1.82, 2.24) is 0 Å². The predicted octanol–water partition coefficient (Wildman–Crippen LogP) is 2.89. The minimum atomic E-state index is -0.147. The van der Waals surface area contributed by atoms with E-state index in [-0.39, 0.29) is 6.10 Å². The summed E-state index contributed by atoms with van der Waals surface area (Å²) in [6.45, 7) is 4.03. The quantitative estimate of drug-likeness (QED) is 0.463. The second-order valence-electron chi connectivity index (χ2n) is 3.04. The number of allylic oxidation sites excluding steroid dienone is 2. The second kappa shape index (κ2) is 7.80. The molecule has 0 aromatic heterocycles. The predicted molar refractivity (Wildman–Crippen MR) is 49.6 cm³/mol. The molecule has 0 fully saturated rings. The van der Waals surface area contributed by atoms with E-state index in [1.54, 1.807) is 0 Å². The highest BCUT2D eigenvalue weighted by atomic mass is 16.3. The molecule has 1 nitrogen and oxygen atoms in total. The lowest BCUT2D eigenvalue weighted by atomic mass is 10.2. The van der Waals surface area contributed by atoms with Crippen LogP contribution in [0, 0.1) is 0 Å². The molecule has 0 aliphatic heterocycles. The summed E-state index contributed by atoms with van der Waals surface area (Å²) in [5.41, 5.74) is 0. The minimum absolute atomic E-state index is 0.147. The molecule has 0 amide bonds. The lowest BCUT2D eigenvalue weighted by molar-refractivity contribution is 0.186. The zero-order chi connectivity index (χ0) is 8.53. The lowest BCUT2D eigenvalue weighted by Gasteiger charge is -1.98. The summed E-state index contributed by atoms with van der Waals surface area (Å²) in [6.07, 6.45) is 9.88. The molecule has 0 rings (SSSR count). The van der Waals surface area contributed by atoms with E-state index < -0.39 is 0 Å². The van der Waals surface area contributed by atoms with Gasteiger partial charge in [0.05, 0.1) is 6.10 Å². The molecule has 0 aliphatic carbocycles. The van der Waals surface area contributed by atoms with E-state index in [9.17, 15) is 0 Å². The standard InChI is InChI=1S/C10H20O/c1-3-4-5-6-7-8-9-10(2)11/h6-7,10-11H,3-5,8-9H2,1-2H3/b7-6-. The van der Waals surface area contributed by atoms with Gasteiger partial charge in [-0.05, 0) is 26.2 Å². The molecule has 0 aromatic rings.